The van der Waals surface area contributed by atoms with E-state index in [4.69, 9.17) is 0 Å². The fourth-order valence-corrected chi connectivity index (χ4v) is 2.66. The second kappa shape index (κ2) is 6.39. The van der Waals surface area contributed by atoms with E-state index in [9.17, 15) is 4.79 Å². The van der Waals surface area contributed by atoms with Crippen LogP contribution in [0.4, 0.5) is 0 Å². The topological polar surface area (TPSA) is 41.1 Å². The molecule has 0 bridgehead atoms. The lowest BCUT2D eigenvalue weighted by Gasteiger charge is -2.32. The second-order valence-corrected chi connectivity index (χ2v) is 5.82. The Morgan fingerprint density at radius 1 is 1.29 bits per heavy atom. The molecule has 1 aliphatic rings. The zero-order chi connectivity index (χ0) is 12.9. The van der Waals surface area contributed by atoms with Gasteiger partial charge in [0.2, 0.25) is 5.91 Å². The Hall–Kier alpha value is -0.570. The van der Waals surface area contributed by atoms with Crippen LogP contribution in [0.5, 0.6) is 0 Å². The first-order valence-electron chi connectivity index (χ1n) is 7.03. The van der Waals surface area contributed by atoms with E-state index in [0.29, 0.717) is 12.0 Å². The monoisotopic (exact) mass is 240 g/mol. The number of amides is 1. The smallest absolute Gasteiger partial charge is 0.239 e. The first-order valence-corrected chi connectivity index (χ1v) is 7.03. The van der Waals surface area contributed by atoms with E-state index >= 15 is 0 Å². The first kappa shape index (κ1) is 14.5. The molecule has 1 saturated carbocycles. The zero-order valence-corrected chi connectivity index (χ0v) is 11.8. The fraction of sp³-hybridized carbons (Fsp3) is 0.929. The highest BCUT2D eigenvalue weighted by molar-refractivity contribution is 5.85. The number of carbonyl (C=O) groups is 1. The molecule has 0 unspecified atom stereocenters. The summed E-state index contributed by atoms with van der Waals surface area (Å²) in [7, 11) is 0. The highest BCUT2D eigenvalue weighted by Crippen LogP contribution is 2.26. The lowest BCUT2D eigenvalue weighted by atomic mass is 9.84. The van der Waals surface area contributed by atoms with Crippen molar-refractivity contribution in [3.63, 3.8) is 0 Å². The van der Waals surface area contributed by atoms with Crippen LogP contribution in [-0.2, 0) is 4.79 Å². The van der Waals surface area contributed by atoms with Gasteiger partial charge in [-0.3, -0.25) is 4.79 Å². The lowest BCUT2D eigenvalue weighted by molar-refractivity contribution is -0.127. The van der Waals surface area contributed by atoms with Gasteiger partial charge in [-0.05, 0) is 46.1 Å². The van der Waals surface area contributed by atoms with Crippen LogP contribution < -0.4 is 10.6 Å². The molecule has 0 heterocycles. The molecule has 0 spiro atoms. The molecule has 0 aromatic rings. The Morgan fingerprint density at radius 2 is 1.88 bits per heavy atom. The second-order valence-electron chi connectivity index (χ2n) is 5.82. The number of carbonyl (C=O) groups excluding carboxylic acids is 1. The molecule has 0 aliphatic heterocycles. The summed E-state index contributed by atoms with van der Waals surface area (Å²) in [6.45, 7) is 8.88. The van der Waals surface area contributed by atoms with Gasteiger partial charge in [-0.15, -0.1) is 0 Å². The minimum absolute atomic E-state index is 0.123. The molecule has 0 saturated heterocycles. The van der Waals surface area contributed by atoms with Crippen LogP contribution in [0.25, 0.3) is 0 Å². The number of likely N-dealkylation sites (N-methyl/N-ethyl adjacent to an activating group) is 1. The van der Waals surface area contributed by atoms with Crippen molar-refractivity contribution in [2.24, 2.45) is 5.92 Å². The maximum absolute atomic E-state index is 12.1. The highest BCUT2D eigenvalue weighted by Gasteiger charge is 2.29. The van der Waals surface area contributed by atoms with Crippen molar-refractivity contribution in [3.8, 4) is 0 Å². The van der Waals surface area contributed by atoms with Crippen LogP contribution in [-0.4, -0.2) is 24.0 Å². The average Bonchev–Trinajstić information content (AvgIpc) is 2.30. The largest absolute Gasteiger partial charge is 0.352 e. The van der Waals surface area contributed by atoms with Crippen molar-refractivity contribution in [2.45, 2.75) is 71.4 Å². The summed E-state index contributed by atoms with van der Waals surface area (Å²) in [6.07, 6.45) is 6.54. The zero-order valence-electron chi connectivity index (χ0n) is 11.8. The molecular weight excluding hydrogens is 212 g/mol. The van der Waals surface area contributed by atoms with E-state index in [1.54, 1.807) is 0 Å². The SMILES string of the molecule is CCNC(C)(C)C(=O)N[C@H](C)C1CCCCC1. The standard InChI is InChI=1S/C14H28N2O/c1-5-15-14(3,4)13(17)16-11(2)12-9-7-6-8-10-12/h11-12,15H,5-10H2,1-4H3,(H,16,17)/t11-/m1/s1. The number of hydrogen-bond donors (Lipinski definition) is 2. The summed E-state index contributed by atoms with van der Waals surface area (Å²) in [6, 6.07) is 0.306. The van der Waals surface area contributed by atoms with Gasteiger partial charge in [-0.25, -0.2) is 0 Å². The van der Waals surface area contributed by atoms with Crippen molar-refractivity contribution in [2.75, 3.05) is 6.54 Å². The molecule has 1 fully saturated rings. The molecule has 2 N–H and O–H groups in total. The van der Waals surface area contributed by atoms with Crippen molar-refractivity contribution >= 4 is 5.91 Å². The third kappa shape index (κ3) is 4.30. The Morgan fingerprint density at radius 3 is 2.41 bits per heavy atom. The molecular formula is C14H28N2O. The van der Waals surface area contributed by atoms with Crippen LogP contribution in [0.1, 0.15) is 59.8 Å². The number of nitrogens with one attached hydrogen (secondary N) is 2. The van der Waals surface area contributed by atoms with Gasteiger partial charge in [0.05, 0.1) is 5.54 Å². The molecule has 0 aromatic carbocycles. The van der Waals surface area contributed by atoms with E-state index in [1.807, 2.05) is 20.8 Å². The van der Waals surface area contributed by atoms with Crippen LogP contribution in [0, 0.1) is 5.92 Å². The number of hydrogen-bond acceptors (Lipinski definition) is 2. The van der Waals surface area contributed by atoms with Gasteiger partial charge in [0.25, 0.3) is 0 Å². The normalized spacial score (nSPS) is 20.0. The van der Waals surface area contributed by atoms with Gasteiger partial charge < -0.3 is 10.6 Å². The third-order valence-electron chi connectivity index (χ3n) is 3.90. The minimum Gasteiger partial charge on any atom is -0.352 e. The molecule has 1 aliphatic carbocycles. The Bertz CT molecular complexity index is 245. The van der Waals surface area contributed by atoms with Crippen LogP contribution in [0.2, 0.25) is 0 Å². The van der Waals surface area contributed by atoms with Crippen LogP contribution in [0.3, 0.4) is 0 Å². The van der Waals surface area contributed by atoms with E-state index < -0.39 is 5.54 Å². The van der Waals surface area contributed by atoms with E-state index in [1.165, 1.54) is 32.1 Å². The summed E-state index contributed by atoms with van der Waals surface area (Å²) >= 11 is 0. The molecule has 0 aromatic heterocycles. The van der Waals surface area contributed by atoms with Gasteiger partial charge in [-0.2, -0.15) is 0 Å². The van der Waals surface area contributed by atoms with E-state index in [-0.39, 0.29) is 5.91 Å². The summed E-state index contributed by atoms with van der Waals surface area (Å²) < 4.78 is 0. The summed E-state index contributed by atoms with van der Waals surface area (Å²) in [5.41, 5.74) is -0.461. The Labute approximate surface area is 106 Å². The van der Waals surface area contributed by atoms with Crippen molar-refractivity contribution in [3.05, 3.63) is 0 Å². The molecule has 0 radical (unpaired) electrons. The molecule has 17 heavy (non-hydrogen) atoms. The van der Waals surface area contributed by atoms with Gasteiger partial charge >= 0.3 is 0 Å². The fourth-order valence-electron chi connectivity index (χ4n) is 2.66. The van der Waals surface area contributed by atoms with Crippen LogP contribution in [0.15, 0.2) is 0 Å². The van der Waals surface area contributed by atoms with Gasteiger partial charge in [0.1, 0.15) is 0 Å². The molecule has 1 rings (SSSR count). The molecule has 1 amide bonds. The highest BCUT2D eigenvalue weighted by atomic mass is 16.2. The predicted octanol–water partition coefficient (Wildman–Crippen LogP) is 2.46. The molecule has 3 nitrogen and oxygen atoms in total. The van der Waals surface area contributed by atoms with Crippen molar-refractivity contribution in [1.82, 2.24) is 10.6 Å². The first-order chi connectivity index (χ1) is 7.97. The van der Waals surface area contributed by atoms with Crippen molar-refractivity contribution < 1.29 is 4.79 Å². The minimum atomic E-state index is -0.461. The summed E-state index contributed by atoms with van der Waals surface area (Å²) in [5, 5.41) is 6.39. The predicted molar refractivity (Wildman–Crippen MR) is 71.9 cm³/mol. The molecule has 3 heteroatoms. The molecule has 1 atom stereocenters. The Kier molecular flexibility index (Phi) is 5.44. The van der Waals surface area contributed by atoms with E-state index in [0.717, 1.165) is 6.54 Å². The van der Waals surface area contributed by atoms with Crippen molar-refractivity contribution in [1.29, 1.82) is 0 Å². The maximum Gasteiger partial charge on any atom is 0.239 e. The summed E-state index contributed by atoms with van der Waals surface area (Å²) in [5.74, 6) is 0.794. The van der Waals surface area contributed by atoms with E-state index in [2.05, 4.69) is 17.6 Å². The van der Waals surface area contributed by atoms with Gasteiger partial charge in [0.15, 0.2) is 0 Å². The quantitative estimate of drug-likeness (QED) is 0.775. The van der Waals surface area contributed by atoms with Crippen LogP contribution >= 0.6 is 0 Å². The third-order valence-corrected chi connectivity index (χ3v) is 3.90. The van der Waals surface area contributed by atoms with Gasteiger partial charge in [-0.1, -0.05) is 26.2 Å². The maximum atomic E-state index is 12.1. The number of rotatable bonds is 5. The van der Waals surface area contributed by atoms with Gasteiger partial charge in [0, 0.05) is 6.04 Å². The lowest BCUT2D eigenvalue weighted by Crippen LogP contribution is -2.55. The summed E-state index contributed by atoms with van der Waals surface area (Å²) in [4.78, 5) is 12.1. The average molecular weight is 240 g/mol. The molecule has 100 valence electrons. The Balaban J connectivity index is 2.44.